The molecule has 2 aromatic rings. The molecule has 0 amide bonds. The quantitative estimate of drug-likeness (QED) is 0.831. The molecular formula is C15H15BrClNO. The van der Waals surface area contributed by atoms with Gasteiger partial charge in [-0.2, -0.15) is 0 Å². The van der Waals surface area contributed by atoms with Gasteiger partial charge in [0.25, 0.3) is 0 Å². The highest BCUT2D eigenvalue weighted by atomic mass is 79.9. The molecule has 0 unspecified atom stereocenters. The minimum atomic E-state index is -0.0438. The van der Waals surface area contributed by atoms with E-state index in [0.29, 0.717) is 10.8 Å². The zero-order chi connectivity index (χ0) is 14.0. The number of hydrogen-bond donors (Lipinski definition) is 1. The van der Waals surface area contributed by atoms with Gasteiger partial charge in [0.15, 0.2) is 0 Å². The molecular weight excluding hydrogens is 326 g/mol. The topological polar surface area (TPSA) is 35.2 Å². The summed E-state index contributed by atoms with van der Waals surface area (Å²) >= 11 is 9.69. The van der Waals surface area contributed by atoms with E-state index in [4.69, 9.17) is 22.1 Å². The van der Waals surface area contributed by atoms with Gasteiger partial charge in [-0.25, -0.2) is 0 Å². The van der Waals surface area contributed by atoms with Gasteiger partial charge in [-0.15, -0.1) is 0 Å². The van der Waals surface area contributed by atoms with Crippen LogP contribution in [0, 0.1) is 6.92 Å². The van der Waals surface area contributed by atoms with Crippen molar-refractivity contribution < 1.29 is 4.74 Å². The van der Waals surface area contributed by atoms with Crippen LogP contribution in [0.1, 0.15) is 24.1 Å². The first kappa shape index (κ1) is 14.4. The third kappa shape index (κ3) is 3.50. The summed E-state index contributed by atoms with van der Waals surface area (Å²) in [4.78, 5) is 0. The molecule has 2 nitrogen and oxygen atoms in total. The Bertz CT molecular complexity index is 599. The number of halogens is 2. The molecule has 19 heavy (non-hydrogen) atoms. The van der Waals surface area contributed by atoms with Gasteiger partial charge < -0.3 is 10.5 Å². The van der Waals surface area contributed by atoms with Crippen molar-refractivity contribution in [2.45, 2.75) is 19.9 Å². The smallest absolute Gasteiger partial charge is 0.146 e. The Morgan fingerprint density at radius 1 is 1.16 bits per heavy atom. The van der Waals surface area contributed by atoms with Crippen LogP contribution in [0.4, 0.5) is 0 Å². The maximum absolute atomic E-state index is 6.21. The summed E-state index contributed by atoms with van der Waals surface area (Å²) in [6.07, 6.45) is 0. The normalized spacial score (nSPS) is 12.3. The first-order chi connectivity index (χ1) is 8.97. The van der Waals surface area contributed by atoms with Crippen LogP contribution in [0.5, 0.6) is 11.5 Å². The number of ether oxygens (including phenoxy) is 1. The largest absolute Gasteiger partial charge is 0.455 e. The molecule has 2 aromatic carbocycles. The van der Waals surface area contributed by atoms with Crippen molar-refractivity contribution in [3.63, 3.8) is 0 Å². The molecule has 2 N–H and O–H groups in total. The number of aryl methyl sites for hydroxylation is 1. The molecule has 1 atom stereocenters. The molecule has 2 rings (SSSR count). The zero-order valence-electron chi connectivity index (χ0n) is 10.8. The molecule has 0 aliphatic heterocycles. The molecule has 0 bridgehead atoms. The lowest BCUT2D eigenvalue weighted by atomic mass is 10.1. The second-order valence-electron chi connectivity index (χ2n) is 4.51. The van der Waals surface area contributed by atoms with Crippen molar-refractivity contribution in [2.75, 3.05) is 0 Å². The van der Waals surface area contributed by atoms with Gasteiger partial charge in [0.1, 0.15) is 11.5 Å². The summed E-state index contributed by atoms with van der Waals surface area (Å²) in [7, 11) is 0. The van der Waals surface area contributed by atoms with E-state index in [1.54, 1.807) is 0 Å². The fourth-order valence-corrected chi connectivity index (χ4v) is 2.49. The summed E-state index contributed by atoms with van der Waals surface area (Å²) in [6.45, 7) is 3.95. The number of hydrogen-bond acceptors (Lipinski definition) is 2. The molecule has 0 fully saturated rings. The standard InChI is InChI=1S/C15H15BrClNO/c1-9-3-5-14(12(16)7-9)19-15-6-4-11(10(2)18)8-13(15)17/h3-8,10H,18H2,1-2H3/t10-/m1/s1. The van der Waals surface area contributed by atoms with Crippen molar-refractivity contribution in [2.24, 2.45) is 5.73 Å². The maximum Gasteiger partial charge on any atom is 0.146 e. The van der Waals surface area contributed by atoms with Crippen LogP contribution < -0.4 is 10.5 Å². The number of nitrogens with two attached hydrogens (primary N) is 1. The molecule has 0 radical (unpaired) electrons. The Hall–Kier alpha value is -1.03. The van der Waals surface area contributed by atoms with Crippen LogP contribution in [-0.4, -0.2) is 0 Å². The van der Waals surface area contributed by atoms with Crippen LogP contribution in [0.15, 0.2) is 40.9 Å². The van der Waals surface area contributed by atoms with Gasteiger partial charge in [-0.3, -0.25) is 0 Å². The average Bonchev–Trinajstić information content (AvgIpc) is 2.34. The van der Waals surface area contributed by atoms with Crippen molar-refractivity contribution in [1.29, 1.82) is 0 Å². The van der Waals surface area contributed by atoms with Crippen molar-refractivity contribution >= 4 is 27.5 Å². The van der Waals surface area contributed by atoms with Crippen LogP contribution in [0.2, 0.25) is 5.02 Å². The van der Waals surface area contributed by atoms with E-state index in [1.165, 1.54) is 0 Å². The fourth-order valence-electron chi connectivity index (χ4n) is 1.69. The second kappa shape index (κ2) is 5.95. The molecule has 100 valence electrons. The van der Waals surface area contributed by atoms with E-state index in [9.17, 15) is 0 Å². The third-order valence-corrected chi connectivity index (χ3v) is 3.70. The van der Waals surface area contributed by atoms with Crippen molar-refractivity contribution in [3.05, 3.63) is 57.0 Å². The van der Waals surface area contributed by atoms with E-state index >= 15 is 0 Å². The van der Waals surface area contributed by atoms with Crippen LogP contribution in [-0.2, 0) is 0 Å². The van der Waals surface area contributed by atoms with E-state index in [2.05, 4.69) is 15.9 Å². The molecule has 0 aliphatic rings. The molecule has 0 heterocycles. The van der Waals surface area contributed by atoms with E-state index in [-0.39, 0.29) is 6.04 Å². The van der Waals surface area contributed by atoms with Gasteiger partial charge in [0.05, 0.1) is 9.50 Å². The first-order valence-corrected chi connectivity index (χ1v) is 7.13. The number of rotatable bonds is 3. The molecule has 0 saturated carbocycles. The maximum atomic E-state index is 6.21. The Balaban J connectivity index is 2.28. The summed E-state index contributed by atoms with van der Waals surface area (Å²) < 4.78 is 6.71. The second-order valence-corrected chi connectivity index (χ2v) is 5.78. The Morgan fingerprint density at radius 2 is 1.84 bits per heavy atom. The van der Waals surface area contributed by atoms with Crippen molar-refractivity contribution in [3.8, 4) is 11.5 Å². The summed E-state index contributed by atoms with van der Waals surface area (Å²) in [6, 6.07) is 11.5. The summed E-state index contributed by atoms with van der Waals surface area (Å²) in [5.74, 6) is 1.36. The predicted octanol–water partition coefficient (Wildman–Crippen LogP) is 5.22. The lowest BCUT2D eigenvalue weighted by Crippen LogP contribution is -2.04. The van der Waals surface area contributed by atoms with Gasteiger partial charge in [0.2, 0.25) is 0 Å². The summed E-state index contributed by atoms with van der Waals surface area (Å²) in [5.41, 5.74) is 7.97. The lowest BCUT2D eigenvalue weighted by molar-refractivity contribution is 0.479. The molecule has 0 aromatic heterocycles. The monoisotopic (exact) mass is 339 g/mol. The minimum absolute atomic E-state index is 0.0438. The average molecular weight is 341 g/mol. The summed E-state index contributed by atoms with van der Waals surface area (Å²) in [5, 5.41) is 0.558. The number of benzene rings is 2. The van der Waals surface area contributed by atoms with Gasteiger partial charge in [-0.1, -0.05) is 23.7 Å². The SMILES string of the molecule is Cc1ccc(Oc2ccc([C@@H](C)N)cc2Cl)c(Br)c1. The molecule has 0 saturated heterocycles. The first-order valence-electron chi connectivity index (χ1n) is 5.96. The fraction of sp³-hybridized carbons (Fsp3) is 0.200. The minimum Gasteiger partial charge on any atom is -0.455 e. The van der Waals surface area contributed by atoms with Crippen LogP contribution in [0.25, 0.3) is 0 Å². The Morgan fingerprint density at radius 3 is 2.42 bits per heavy atom. The van der Waals surface area contributed by atoms with Crippen LogP contribution in [0.3, 0.4) is 0 Å². The third-order valence-electron chi connectivity index (χ3n) is 2.79. The highest BCUT2D eigenvalue weighted by molar-refractivity contribution is 9.10. The van der Waals surface area contributed by atoms with Crippen LogP contribution >= 0.6 is 27.5 Å². The lowest BCUT2D eigenvalue weighted by Gasteiger charge is -2.12. The Kier molecular flexibility index (Phi) is 4.50. The predicted molar refractivity (Wildman–Crippen MR) is 83.0 cm³/mol. The highest BCUT2D eigenvalue weighted by Crippen LogP contribution is 2.35. The highest BCUT2D eigenvalue weighted by Gasteiger charge is 2.09. The zero-order valence-corrected chi connectivity index (χ0v) is 13.1. The van der Waals surface area contributed by atoms with E-state index in [1.807, 2.05) is 50.2 Å². The molecule has 4 heteroatoms. The molecule has 0 aliphatic carbocycles. The van der Waals surface area contributed by atoms with E-state index in [0.717, 1.165) is 21.3 Å². The Labute approximate surface area is 126 Å². The van der Waals surface area contributed by atoms with Gasteiger partial charge >= 0.3 is 0 Å². The molecule has 0 spiro atoms. The van der Waals surface area contributed by atoms with E-state index < -0.39 is 0 Å². The van der Waals surface area contributed by atoms with Gasteiger partial charge in [-0.05, 0) is 65.2 Å². The van der Waals surface area contributed by atoms with Gasteiger partial charge in [0, 0.05) is 6.04 Å². The van der Waals surface area contributed by atoms with Crippen molar-refractivity contribution in [1.82, 2.24) is 0 Å².